The molecule has 0 bridgehead atoms. The Morgan fingerprint density at radius 3 is 2.00 bits per heavy atom. The molecule has 1 heterocycles. The minimum atomic E-state index is -1.82. The Balaban J connectivity index is 0.000000469. The summed E-state index contributed by atoms with van der Waals surface area (Å²) in [6.07, 6.45) is 0. The summed E-state index contributed by atoms with van der Waals surface area (Å²) >= 11 is 0. The third kappa shape index (κ3) is 7.17. The van der Waals surface area contributed by atoms with E-state index in [1.54, 1.807) is 0 Å². The average molecular weight is 415 g/mol. The maximum absolute atomic E-state index is 9.10. The van der Waals surface area contributed by atoms with Crippen molar-refractivity contribution >= 4 is 11.9 Å². The number of carbonyl (C=O) groups is 2. The van der Waals surface area contributed by atoms with E-state index < -0.39 is 11.9 Å². The van der Waals surface area contributed by atoms with E-state index in [9.17, 15) is 0 Å². The fraction of sp³-hybridized carbons (Fsp3) is 0.391. The molecule has 0 saturated carbocycles. The highest BCUT2D eigenvalue weighted by Crippen LogP contribution is 2.32. The molecule has 30 heavy (non-hydrogen) atoms. The normalized spacial score (nSPS) is 14.3. The molecule has 0 aromatic heterocycles. The lowest BCUT2D eigenvalue weighted by Gasteiger charge is -2.27. The maximum Gasteiger partial charge on any atom is 0.414 e. The summed E-state index contributed by atoms with van der Waals surface area (Å²) in [4.78, 5) is 20.6. The van der Waals surface area contributed by atoms with Gasteiger partial charge < -0.3 is 19.7 Å². The predicted molar refractivity (Wildman–Crippen MR) is 113 cm³/mol. The van der Waals surface area contributed by atoms with Gasteiger partial charge in [0, 0.05) is 25.0 Å². The van der Waals surface area contributed by atoms with Crippen LogP contribution in [0.15, 0.2) is 54.6 Å². The lowest BCUT2D eigenvalue weighted by molar-refractivity contribution is -0.159. The lowest BCUT2D eigenvalue weighted by atomic mass is 9.78. The smallest absolute Gasteiger partial charge is 0.414 e. The van der Waals surface area contributed by atoms with Crippen molar-refractivity contribution < 1.29 is 29.3 Å². The van der Waals surface area contributed by atoms with Gasteiger partial charge in [0.2, 0.25) is 0 Å². The average Bonchev–Trinajstić information content (AvgIpc) is 2.76. The van der Waals surface area contributed by atoms with Crippen LogP contribution < -0.4 is 4.74 Å². The summed E-state index contributed by atoms with van der Waals surface area (Å²) in [6.45, 7) is 9.89. The summed E-state index contributed by atoms with van der Waals surface area (Å²) in [5.74, 6) is -2.71. The molecule has 2 aromatic carbocycles. The van der Waals surface area contributed by atoms with Gasteiger partial charge in [0.05, 0.1) is 13.2 Å². The van der Waals surface area contributed by atoms with Gasteiger partial charge in [0.1, 0.15) is 12.4 Å². The molecule has 1 saturated heterocycles. The predicted octanol–water partition coefficient (Wildman–Crippen LogP) is 2.88. The highest BCUT2D eigenvalue weighted by molar-refractivity contribution is 6.27. The van der Waals surface area contributed by atoms with Crippen LogP contribution in [0.2, 0.25) is 0 Å². The maximum atomic E-state index is 9.10. The molecule has 0 spiro atoms. The van der Waals surface area contributed by atoms with Gasteiger partial charge in [-0.1, -0.05) is 56.3 Å². The molecular formula is C23H29NO6. The highest BCUT2D eigenvalue weighted by atomic mass is 16.5. The first-order valence-corrected chi connectivity index (χ1v) is 9.86. The van der Waals surface area contributed by atoms with Crippen LogP contribution in [0, 0.1) is 0 Å². The van der Waals surface area contributed by atoms with Crippen molar-refractivity contribution in [2.45, 2.75) is 19.3 Å². The van der Waals surface area contributed by atoms with Crippen molar-refractivity contribution in [2.75, 3.05) is 39.5 Å². The number of carboxylic acid groups (broad SMARTS) is 2. The zero-order valence-corrected chi connectivity index (χ0v) is 17.4. The second kappa shape index (κ2) is 11.3. The fourth-order valence-corrected chi connectivity index (χ4v) is 3.11. The Morgan fingerprint density at radius 1 is 0.933 bits per heavy atom. The van der Waals surface area contributed by atoms with Crippen LogP contribution in [-0.2, 0) is 19.7 Å². The highest BCUT2D eigenvalue weighted by Gasteiger charge is 2.22. The van der Waals surface area contributed by atoms with Crippen molar-refractivity contribution in [2.24, 2.45) is 0 Å². The Hall–Kier alpha value is -2.90. The SMILES string of the molecule is CC(C)(c1ccccc1)c1ccc(OCCN2CCOCC2)cc1.O=C(O)C(=O)O. The van der Waals surface area contributed by atoms with Gasteiger partial charge in [-0.05, 0) is 23.3 Å². The second-order valence-corrected chi connectivity index (χ2v) is 7.43. The Morgan fingerprint density at radius 2 is 1.47 bits per heavy atom. The molecule has 0 unspecified atom stereocenters. The van der Waals surface area contributed by atoms with E-state index in [0.29, 0.717) is 0 Å². The fourth-order valence-electron chi connectivity index (χ4n) is 3.11. The Kier molecular flexibility index (Phi) is 8.83. The van der Waals surface area contributed by atoms with Crippen LogP contribution in [-0.4, -0.2) is 66.5 Å². The molecule has 2 aromatic rings. The standard InChI is InChI=1S/C21H27NO2.C2H2O4/c1-21(2,18-6-4-3-5-7-18)19-8-10-20(11-9-19)24-17-14-22-12-15-23-16-13-22;3-1(4)2(5)6/h3-11H,12-17H2,1-2H3;(H,3,4)(H,5,6). The lowest BCUT2D eigenvalue weighted by Crippen LogP contribution is -2.38. The van der Waals surface area contributed by atoms with Gasteiger partial charge in [0.15, 0.2) is 0 Å². The molecule has 0 amide bonds. The molecule has 1 aliphatic heterocycles. The van der Waals surface area contributed by atoms with Crippen LogP contribution in [0.5, 0.6) is 5.75 Å². The number of rotatable bonds is 6. The van der Waals surface area contributed by atoms with E-state index in [1.807, 2.05) is 0 Å². The van der Waals surface area contributed by atoms with Gasteiger partial charge in [-0.3, -0.25) is 4.90 Å². The van der Waals surface area contributed by atoms with Crippen LogP contribution >= 0.6 is 0 Å². The van der Waals surface area contributed by atoms with Crippen molar-refractivity contribution in [1.82, 2.24) is 4.90 Å². The summed E-state index contributed by atoms with van der Waals surface area (Å²) in [5, 5.41) is 14.8. The number of aliphatic carboxylic acids is 2. The summed E-state index contributed by atoms with van der Waals surface area (Å²) in [5.41, 5.74) is 2.62. The molecule has 7 heteroatoms. The zero-order valence-electron chi connectivity index (χ0n) is 17.4. The van der Waals surface area contributed by atoms with E-state index in [4.69, 9.17) is 29.3 Å². The van der Waals surface area contributed by atoms with Crippen molar-refractivity contribution in [3.8, 4) is 5.75 Å². The van der Waals surface area contributed by atoms with Crippen molar-refractivity contribution in [3.63, 3.8) is 0 Å². The number of benzene rings is 2. The van der Waals surface area contributed by atoms with Gasteiger partial charge >= 0.3 is 11.9 Å². The van der Waals surface area contributed by atoms with E-state index >= 15 is 0 Å². The largest absolute Gasteiger partial charge is 0.492 e. The van der Waals surface area contributed by atoms with E-state index in [2.05, 4.69) is 73.3 Å². The van der Waals surface area contributed by atoms with Crippen LogP contribution in [0.1, 0.15) is 25.0 Å². The third-order valence-electron chi connectivity index (χ3n) is 5.03. The monoisotopic (exact) mass is 415 g/mol. The van der Waals surface area contributed by atoms with Gasteiger partial charge in [0.25, 0.3) is 0 Å². The first kappa shape index (κ1) is 23.4. The van der Waals surface area contributed by atoms with E-state index in [0.717, 1.165) is 45.2 Å². The van der Waals surface area contributed by atoms with Gasteiger partial charge in [-0.15, -0.1) is 0 Å². The Bertz CT molecular complexity index is 786. The van der Waals surface area contributed by atoms with Gasteiger partial charge in [-0.2, -0.15) is 0 Å². The summed E-state index contributed by atoms with van der Waals surface area (Å²) in [6, 6.07) is 19.2. The van der Waals surface area contributed by atoms with Crippen LogP contribution in [0.3, 0.4) is 0 Å². The van der Waals surface area contributed by atoms with E-state index in [-0.39, 0.29) is 5.41 Å². The third-order valence-corrected chi connectivity index (χ3v) is 5.03. The van der Waals surface area contributed by atoms with Crippen molar-refractivity contribution in [1.29, 1.82) is 0 Å². The molecule has 3 rings (SSSR count). The molecule has 1 aliphatic rings. The van der Waals surface area contributed by atoms with Crippen molar-refractivity contribution in [3.05, 3.63) is 65.7 Å². The zero-order chi connectivity index (χ0) is 22.0. The first-order valence-electron chi connectivity index (χ1n) is 9.86. The quantitative estimate of drug-likeness (QED) is 0.700. The number of carboxylic acids is 2. The van der Waals surface area contributed by atoms with Gasteiger partial charge in [-0.25, -0.2) is 9.59 Å². The summed E-state index contributed by atoms with van der Waals surface area (Å²) < 4.78 is 11.3. The topological polar surface area (TPSA) is 96.3 Å². The molecule has 2 N–H and O–H groups in total. The number of hydrogen-bond donors (Lipinski definition) is 2. The number of nitrogens with zero attached hydrogens (tertiary/aromatic N) is 1. The molecule has 162 valence electrons. The first-order chi connectivity index (χ1) is 14.3. The minimum Gasteiger partial charge on any atom is -0.492 e. The summed E-state index contributed by atoms with van der Waals surface area (Å²) in [7, 11) is 0. The second-order valence-electron chi connectivity index (χ2n) is 7.43. The van der Waals surface area contributed by atoms with E-state index in [1.165, 1.54) is 11.1 Å². The number of ether oxygens (including phenoxy) is 2. The molecule has 1 fully saturated rings. The Labute approximate surface area is 176 Å². The van der Waals surface area contributed by atoms with Crippen LogP contribution in [0.25, 0.3) is 0 Å². The number of hydrogen-bond acceptors (Lipinski definition) is 5. The molecule has 0 atom stereocenters. The molecule has 0 radical (unpaired) electrons. The van der Waals surface area contributed by atoms with Crippen LogP contribution in [0.4, 0.5) is 0 Å². The molecule has 7 nitrogen and oxygen atoms in total. The minimum absolute atomic E-state index is 0.00636. The molecule has 0 aliphatic carbocycles. The molecular weight excluding hydrogens is 386 g/mol. The number of morpholine rings is 1.